The average molecular weight is 479 g/mol. The molecule has 1 aliphatic rings. The first-order valence-corrected chi connectivity index (χ1v) is 11.3. The van der Waals surface area contributed by atoms with Crippen LogP contribution in [0, 0.1) is 0 Å². The highest BCUT2D eigenvalue weighted by Crippen LogP contribution is 2.32. The predicted molar refractivity (Wildman–Crippen MR) is 135 cm³/mol. The molecule has 0 unspecified atom stereocenters. The minimum Gasteiger partial charge on any atom is -0.495 e. The van der Waals surface area contributed by atoms with E-state index < -0.39 is 11.9 Å². The highest BCUT2D eigenvalue weighted by Gasteiger charge is 2.17. The maximum Gasteiger partial charge on any atom is 0.242 e. The van der Waals surface area contributed by atoms with Crippen molar-refractivity contribution in [3.05, 3.63) is 54.7 Å². The molecule has 2 aromatic carbocycles. The van der Waals surface area contributed by atoms with Gasteiger partial charge in [-0.2, -0.15) is 0 Å². The Hall–Kier alpha value is -3.89. The van der Waals surface area contributed by atoms with Crippen LogP contribution < -0.4 is 26.0 Å². The largest absolute Gasteiger partial charge is 0.495 e. The van der Waals surface area contributed by atoms with Gasteiger partial charge in [0.25, 0.3) is 0 Å². The number of hydrogen-bond acceptors (Lipinski definition) is 9. The molecule has 0 aliphatic carbocycles. The van der Waals surface area contributed by atoms with Gasteiger partial charge in [0.2, 0.25) is 11.9 Å². The standard InChI is InChI=1S/C25H30N6O4/c1-33-16-21(24(26)32)28-18-5-3-17(4-6-18)20-9-10-27-25(30-20)29-19-7-8-22(23(15-19)34-2)31-11-13-35-14-12-31/h3-10,15,21,28H,11-14,16H2,1-2H3,(H2,26,32)(H,27,29,30)/t21-/m0/s1. The Labute approximate surface area is 204 Å². The summed E-state index contributed by atoms with van der Waals surface area (Å²) in [5, 5.41) is 6.33. The molecule has 3 aromatic rings. The molecule has 0 spiro atoms. The van der Waals surface area contributed by atoms with Crippen molar-refractivity contribution in [1.82, 2.24) is 9.97 Å². The van der Waals surface area contributed by atoms with Crippen molar-refractivity contribution >= 4 is 28.9 Å². The van der Waals surface area contributed by atoms with Gasteiger partial charge in [-0.1, -0.05) is 12.1 Å². The Morgan fingerprint density at radius 1 is 1.11 bits per heavy atom. The zero-order valence-corrected chi connectivity index (χ0v) is 19.9. The molecule has 1 aromatic heterocycles. The highest BCUT2D eigenvalue weighted by molar-refractivity contribution is 5.83. The number of morpholine rings is 1. The first kappa shape index (κ1) is 24.2. The molecule has 35 heavy (non-hydrogen) atoms. The first-order chi connectivity index (χ1) is 17.1. The van der Waals surface area contributed by atoms with Crippen molar-refractivity contribution in [2.75, 3.05) is 62.7 Å². The van der Waals surface area contributed by atoms with Gasteiger partial charge >= 0.3 is 0 Å². The number of methoxy groups -OCH3 is 2. The van der Waals surface area contributed by atoms with Crippen LogP contribution in [0.15, 0.2) is 54.7 Å². The van der Waals surface area contributed by atoms with Gasteiger partial charge in [0.1, 0.15) is 11.8 Å². The number of amides is 1. The minimum absolute atomic E-state index is 0.191. The topological polar surface area (TPSA) is 124 Å². The van der Waals surface area contributed by atoms with Crippen LogP contribution in [0.3, 0.4) is 0 Å². The lowest BCUT2D eigenvalue weighted by molar-refractivity contribution is -0.119. The number of nitrogens with zero attached hydrogens (tertiary/aromatic N) is 3. The molecule has 1 saturated heterocycles. The lowest BCUT2D eigenvalue weighted by Gasteiger charge is -2.30. The van der Waals surface area contributed by atoms with Crippen LogP contribution in [0.4, 0.5) is 23.0 Å². The van der Waals surface area contributed by atoms with Crippen molar-refractivity contribution in [1.29, 1.82) is 0 Å². The predicted octanol–water partition coefficient (Wildman–Crippen LogP) is 2.64. The van der Waals surface area contributed by atoms with E-state index >= 15 is 0 Å². The molecule has 10 heteroatoms. The number of nitrogens with one attached hydrogen (secondary N) is 2. The Morgan fingerprint density at radius 2 is 1.86 bits per heavy atom. The zero-order valence-electron chi connectivity index (χ0n) is 19.9. The van der Waals surface area contributed by atoms with E-state index in [4.69, 9.17) is 19.9 Å². The maximum absolute atomic E-state index is 11.5. The Kier molecular flexibility index (Phi) is 7.96. The van der Waals surface area contributed by atoms with Gasteiger partial charge in [-0.15, -0.1) is 0 Å². The maximum atomic E-state index is 11.5. The fourth-order valence-electron chi connectivity index (χ4n) is 3.83. The number of benzene rings is 2. The number of primary amides is 1. The molecule has 4 N–H and O–H groups in total. The van der Waals surface area contributed by atoms with Crippen LogP contribution in [0.1, 0.15) is 0 Å². The first-order valence-electron chi connectivity index (χ1n) is 11.3. The summed E-state index contributed by atoms with van der Waals surface area (Å²) in [6.07, 6.45) is 1.71. The van der Waals surface area contributed by atoms with Crippen LogP contribution >= 0.6 is 0 Å². The lowest BCUT2D eigenvalue weighted by atomic mass is 10.1. The molecule has 1 amide bonds. The monoisotopic (exact) mass is 478 g/mol. The third kappa shape index (κ3) is 6.17. The quantitative estimate of drug-likeness (QED) is 0.403. The third-order valence-electron chi connectivity index (χ3n) is 5.64. The highest BCUT2D eigenvalue weighted by atomic mass is 16.5. The van der Waals surface area contributed by atoms with E-state index in [1.165, 1.54) is 7.11 Å². The molecule has 0 bridgehead atoms. The Balaban J connectivity index is 1.47. The zero-order chi connectivity index (χ0) is 24.6. The molecular formula is C25H30N6O4. The molecule has 10 nitrogen and oxygen atoms in total. The Morgan fingerprint density at radius 3 is 2.54 bits per heavy atom. The SMILES string of the molecule is COC[C@H](Nc1ccc(-c2ccnc(Nc3ccc(N4CCOCC4)c(OC)c3)n2)cc1)C(N)=O. The third-order valence-corrected chi connectivity index (χ3v) is 5.64. The van der Waals surface area contributed by atoms with Gasteiger partial charge in [0, 0.05) is 49.4 Å². The van der Waals surface area contributed by atoms with E-state index in [9.17, 15) is 4.79 Å². The number of rotatable bonds is 10. The molecule has 2 heterocycles. The number of carbonyl (C=O) groups excluding carboxylic acids is 1. The van der Waals surface area contributed by atoms with Gasteiger partial charge in [0.15, 0.2) is 0 Å². The van der Waals surface area contributed by atoms with Crippen LogP contribution in [-0.2, 0) is 14.3 Å². The Bertz CT molecular complexity index is 1140. The van der Waals surface area contributed by atoms with Gasteiger partial charge < -0.3 is 35.5 Å². The minimum atomic E-state index is -0.604. The summed E-state index contributed by atoms with van der Waals surface area (Å²) in [6.45, 7) is 3.27. The van der Waals surface area contributed by atoms with Gasteiger partial charge in [-0.25, -0.2) is 9.97 Å². The van der Waals surface area contributed by atoms with Crippen molar-refractivity contribution in [2.24, 2.45) is 5.73 Å². The van der Waals surface area contributed by atoms with Crippen molar-refractivity contribution in [2.45, 2.75) is 6.04 Å². The van der Waals surface area contributed by atoms with E-state index in [0.29, 0.717) is 19.2 Å². The summed E-state index contributed by atoms with van der Waals surface area (Å²) < 4.78 is 16.1. The summed E-state index contributed by atoms with van der Waals surface area (Å²) in [4.78, 5) is 22.8. The fourth-order valence-corrected chi connectivity index (χ4v) is 3.83. The number of aromatic nitrogens is 2. The van der Waals surface area contributed by atoms with E-state index in [-0.39, 0.29) is 6.61 Å². The van der Waals surface area contributed by atoms with Crippen molar-refractivity contribution in [3.8, 4) is 17.0 Å². The molecule has 0 radical (unpaired) electrons. The second kappa shape index (κ2) is 11.5. The molecular weight excluding hydrogens is 448 g/mol. The second-order valence-electron chi connectivity index (χ2n) is 8.01. The van der Waals surface area contributed by atoms with Crippen LogP contribution in [-0.4, -0.2) is 69.0 Å². The van der Waals surface area contributed by atoms with Gasteiger partial charge in [-0.05, 0) is 30.3 Å². The summed E-state index contributed by atoms with van der Waals surface area (Å²) >= 11 is 0. The molecule has 1 atom stereocenters. The number of nitrogens with two attached hydrogens (primary N) is 1. The van der Waals surface area contributed by atoms with E-state index in [2.05, 4.69) is 25.5 Å². The summed E-state index contributed by atoms with van der Waals surface area (Å²) in [7, 11) is 3.19. The summed E-state index contributed by atoms with van der Waals surface area (Å²) in [6, 6.07) is 14.8. The van der Waals surface area contributed by atoms with Crippen LogP contribution in [0.5, 0.6) is 5.75 Å². The number of ether oxygens (including phenoxy) is 3. The lowest BCUT2D eigenvalue weighted by Crippen LogP contribution is -2.38. The molecule has 1 aliphatic heterocycles. The molecule has 184 valence electrons. The summed E-state index contributed by atoms with van der Waals surface area (Å²) in [5.41, 5.74) is 9.70. The second-order valence-corrected chi connectivity index (χ2v) is 8.01. The number of anilines is 4. The normalized spacial score (nSPS) is 14.3. The summed E-state index contributed by atoms with van der Waals surface area (Å²) in [5.74, 6) is 0.774. The van der Waals surface area contributed by atoms with Gasteiger partial charge in [0.05, 0.1) is 38.3 Å². The number of carbonyl (C=O) groups is 1. The van der Waals surface area contributed by atoms with Crippen LogP contribution in [0.25, 0.3) is 11.3 Å². The smallest absolute Gasteiger partial charge is 0.242 e. The van der Waals surface area contributed by atoms with Crippen molar-refractivity contribution < 1.29 is 19.0 Å². The van der Waals surface area contributed by atoms with Crippen LogP contribution in [0.2, 0.25) is 0 Å². The molecule has 4 rings (SSSR count). The average Bonchev–Trinajstić information content (AvgIpc) is 2.89. The number of hydrogen-bond donors (Lipinski definition) is 3. The molecule has 0 saturated carbocycles. The van der Waals surface area contributed by atoms with E-state index in [0.717, 1.165) is 47.2 Å². The fraction of sp³-hybridized carbons (Fsp3) is 0.320. The molecule has 1 fully saturated rings. The van der Waals surface area contributed by atoms with Crippen molar-refractivity contribution in [3.63, 3.8) is 0 Å². The van der Waals surface area contributed by atoms with E-state index in [1.807, 2.05) is 48.5 Å². The van der Waals surface area contributed by atoms with E-state index in [1.54, 1.807) is 13.3 Å². The van der Waals surface area contributed by atoms with Gasteiger partial charge in [-0.3, -0.25) is 4.79 Å².